The molecule has 0 fully saturated rings. The normalized spacial score (nSPS) is 9.69. The van der Waals surface area contributed by atoms with Gasteiger partial charge in [-0.25, -0.2) is 0 Å². The standard InChI is InChI=1S/C10H11IO2/c1-8(12)2-3-9-4-6-10(13-11)7-5-9/h4-7H,2-3H2,1H3. The molecule has 0 aliphatic rings. The van der Waals surface area contributed by atoms with E-state index in [2.05, 4.69) is 0 Å². The highest BCUT2D eigenvalue weighted by atomic mass is 127. The van der Waals surface area contributed by atoms with Gasteiger partial charge in [0.25, 0.3) is 0 Å². The molecule has 0 aliphatic carbocycles. The summed E-state index contributed by atoms with van der Waals surface area (Å²) in [5.41, 5.74) is 1.17. The van der Waals surface area contributed by atoms with E-state index in [9.17, 15) is 4.79 Å². The molecular formula is C10H11IO2. The maximum Gasteiger partial charge on any atom is 0.192 e. The third-order valence-corrected chi connectivity index (χ3v) is 2.29. The first kappa shape index (κ1) is 10.5. The Morgan fingerprint density at radius 2 is 2.00 bits per heavy atom. The number of aryl methyl sites for hydroxylation is 1. The molecule has 0 bridgehead atoms. The number of hydrogen-bond donors (Lipinski definition) is 0. The van der Waals surface area contributed by atoms with Crippen LogP contribution in [0.15, 0.2) is 24.3 Å². The Morgan fingerprint density at radius 3 is 2.46 bits per heavy atom. The van der Waals surface area contributed by atoms with E-state index >= 15 is 0 Å². The topological polar surface area (TPSA) is 26.3 Å². The zero-order chi connectivity index (χ0) is 9.68. The van der Waals surface area contributed by atoms with Gasteiger partial charge in [-0.3, -0.25) is 0 Å². The Hall–Kier alpha value is -0.580. The first-order valence-electron chi connectivity index (χ1n) is 4.09. The number of halogens is 1. The Labute approximate surface area is 92.0 Å². The molecule has 0 N–H and O–H groups in total. The molecule has 70 valence electrons. The van der Waals surface area contributed by atoms with Crippen LogP contribution in [0.3, 0.4) is 0 Å². The Balaban J connectivity index is 2.54. The van der Waals surface area contributed by atoms with Crippen molar-refractivity contribution in [1.82, 2.24) is 0 Å². The second-order valence-corrected chi connectivity index (χ2v) is 3.36. The van der Waals surface area contributed by atoms with Crippen LogP contribution in [-0.2, 0) is 11.2 Å². The van der Waals surface area contributed by atoms with Crippen LogP contribution in [0.25, 0.3) is 0 Å². The minimum Gasteiger partial charge on any atom is -0.428 e. The van der Waals surface area contributed by atoms with Gasteiger partial charge in [0.1, 0.15) is 11.5 Å². The second-order valence-electron chi connectivity index (χ2n) is 2.92. The number of carbonyl (C=O) groups is 1. The van der Waals surface area contributed by atoms with Gasteiger partial charge in [0.05, 0.1) is 0 Å². The third kappa shape index (κ3) is 3.76. The van der Waals surface area contributed by atoms with Gasteiger partial charge in [-0.2, -0.15) is 0 Å². The molecule has 0 saturated carbocycles. The first-order chi connectivity index (χ1) is 6.22. The predicted octanol–water partition coefficient (Wildman–Crippen LogP) is 2.94. The van der Waals surface area contributed by atoms with E-state index in [1.807, 2.05) is 47.3 Å². The fraction of sp³-hybridized carbons (Fsp3) is 0.300. The summed E-state index contributed by atoms with van der Waals surface area (Å²) in [4.78, 5) is 10.7. The third-order valence-electron chi connectivity index (χ3n) is 1.78. The van der Waals surface area contributed by atoms with Crippen LogP contribution >= 0.6 is 23.0 Å². The fourth-order valence-electron chi connectivity index (χ4n) is 1.03. The van der Waals surface area contributed by atoms with Gasteiger partial charge in [-0.1, -0.05) is 12.1 Å². The van der Waals surface area contributed by atoms with Gasteiger partial charge in [0.2, 0.25) is 0 Å². The largest absolute Gasteiger partial charge is 0.428 e. The van der Waals surface area contributed by atoms with Crippen molar-refractivity contribution in [3.05, 3.63) is 29.8 Å². The van der Waals surface area contributed by atoms with E-state index in [1.54, 1.807) is 6.92 Å². The summed E-state index contributed by atoms with van der Waals surface area (Å²) in [6.45, 7) is 1.61. The molecular weight excluding hydrogens is 279 g/mol. The smallest absolute Gasteiger partial charge is 0.192 e. The molecule has 0 amide bonds. The maximum absolute atomic E-state index is 10.7. The van der Waals surface area contributed by atoms with Crippen LogP contribution < -0.4 is 3.07 Å². The highest BCUT2D eigenvalue weighted by Gasteiger charge is 1.97. The van der Waals surface area contributed by atoms with Gasteiger partial charge >= 0.3 is 0 Å². The zero-order valence-corrected chi connectivity index (χ0v) is 9.58. The Kier molecular flexibility index (Phi) is 4.21. The van der Waals surface area contributed by atoms with Crippen LogP contribution in [0.5, 0.6) is 5.75 Å². The van der Waals surface area contributed by atoms with Crippen molar-refractivity contribution >= 4 is 28.8 Å². The quantitative estimate of drug-likeness (QED) is 0.797. The van der Waals surface area contributed by atoms with E-state index in [0.29, 0.717) is 6.42 Å². The molecule has 1 rings (SSSR count). The van der Waals surface area contributed by atoms with Crippen molar-refractivity contribution in [3.8, 4) is 5.75 Å². The van der Waals surface area contributed by atoms with Crippen LogP contribution in [0.2, 0.25) is 0 Å². The number of Topliss-reactive ketones (excluding diaryl/α,β-unsaturated/α-hetero) is 1. The highest BCUT2D eigenvalue weighted by Crippen LogP contribution is 2.15. The van der Waals surface area contributed by atoms with E-state index in [1.165, 1.54) is 5.56 Å². The van der Waals surface area contributed by atoms with Crippen molar-refractivity contribution in [3.63, 3.8) is 0 Å². The number of benzene rings is 1. The van der Waals surface area contributed by atoms with Gasteiger partial charge < -0.3 is 7.86 Å². The monoisotopic (exact) mass is 290 g/mol. The van der Waals surface area contributed by atoms with Crippen molar-refractivity contribution < 1.29 is 7.86 Å². The molecule has 3 heteroatoms. The summed E-state index contributed by atoms with van der Waals surface area (Å²) in [5.74, 6) is 1.07. The molecule has 0 atom stereocenters. The molecule has 13 heavy (non-hydrogen) atoms. The lowest BCUT2D eigenvalue weighted by atomic mass is 10.1. The van der Waals surface area contributed by atoms with E-state index in [4.69, 9.17) is 3.07 Å². The highest BCUT2D eigenvalue weighted by molar-refractivity contribution is 14.1. The van der Waals surface area contributed by atoms with Crippen LogP contribution in [0, 0.1) is 0 Å². The SMILES string of the molecule is CC(=O)CCc1ccc(OI)cc1. The Morgan fingerprint density at radius 1 is 1.38 bits per heavy atom. The average Bonchev–Trinajstić information content (AvgIpc) is 2.15. The molecule has 0 saturated heterocycles. The van der Waals surface area contributed by atoms with E-state index in [-0.39, 0.29) is 5.78 Å². The molecule has 0 aliphatic heterocycles. The molecule has 0 radical (unpaired) electrons. The number of ketones is 1. The van der Waals surface area contributed by atoms with E-state index in [0.717, 1.165) is 12.2 Å². The maximum atomic E-state index is 10.7. The lowest BCUT2D eigenvalue weighted by Crippen LogP contribution is -1.93. The van der Waals surface area contributed by atoms with E-state index < -0.39 is 0 Å². The van der Waals surface area contributed by atoms with Crippen LogP contribution in [0.4, 0.5) is 0 Å². The fourth-order valence-corrected chi connectivity index (χ4v) is 1.32. The molecule has 0 spiro atoms. The summed E-state index contributed by atoms with van der Waals surface area (Å²) in [6.07, 6.45) is 1.43. The molecule has 0 heterocycles. The van der Waals surface area contributed by atoms with Crippen molar-refractivity contribution in [1.29, 1.82) is 0 Å². The molecule has 0 aromatic heterocycles. The van der Waals surface area contributed by atoms with Crippen LogP contribution in [0.1, 0.15) is 18.9 Å². The summed E-state index contributed by atoms with van der Waals surface area (Å²) >= 11 is 1.84. The summed E-state index contributed by atoms with van der Waals surface area (Å²) in [6, 6.07) is 7.78. The molecule has 1 aromatic rings. The molecule has 1 aromatic carbocycles. The van der Waals surface area contributed by atoms with Gasteiger partial charge in [0.15, 0.2) is 23.0 Å². The molecule has 0 unspecified atom stereocenters. The van der Waals surface area contributed by atoms with Crippen molar-refractivity contribution in [2.45, 2.75) is 19.8 Å². The number of carbonyl (C=O) groups excluding carboxylic acids is 1. The average molecular weight is 290 g/mol. The lowest BCUT2D eigenvalue weighted by Gasteiger charge is -2.00. The predicted molar refractivity (Wildman–Crippen MR) is 60.1 cm³/mol. The van der Waals surface area contributed by atoms with Gasteiger partial charge in [-0.05, 0) is 31.0 Å². The minimum absolute atomic E-state index is 0.231. The number of rotatable bonds is 4. The van der Waals surface area contributed by atoms with Gasteiger partial charge in [0, 0.05) is 6.42 Å². The first-order valence-corrected chi connectivity index (χ1v) is 4.97. The van der Waals surface area contributed by atoms with Crippen molar-refractivity contribution in [2.75, 3.05) is 0 Å². The number of hydrogen-bond acceptors (Lipinski definition) is 2. The Bertz CT molecular complexity index is 279. The zero-order valence-electron chi connectivity index (χ0n) is 7.42. The summed E-state index contributed by atoms with van der Waals surface area (Å²) < 4.78 is 5.00. The molecule has 2 nitrogen and oxygen atoms in total. The second kappa shape index (κ2) is 5.21. The minimum atomic E-state index is 0.231. The van der Waals surface area contributed by atoms with Crippen LogP contribution in [-0.4, -0.2) is 5.78 Å². The van der Waals surface area contributed by atoms with Gasteiger partial charge in [-0.15, -0.1) is 0 Å². The van der Waals surface area contributed by atoms with Crippen molar-refractivity contribution in [2.24, 2.45) is 0 Å². The summed E-state index contributed by atoms with van der Waals surface area (Å²) in [5, 5.41) is 0. The summed E-state index contributed by atoms with van der Waals surface area (Å²) in [7, 11) is 0. The lowest BCUT2D eigenvalue weighted by molar-refractivity contribution is -0.116.